The Morgan fingerprint density at radius 3 is 2.73 bits per heavy atom. The number of aromatic nitrogens is 1. The topological polar surface area (TPSA) is 33.2 Å². The first-order valence-corrected chi connectivity index (χ1v) is 5.49. The molecule has 1 saturated heterocycles. The van der Waals surface area contributed by atoms with Gasteiger partial charge >= 0.3 is 0 Å². The van der Waals surface area contributed by atoms with Crippen LogP contribution in [0.3, 0.4) is 0 Å². The fourth-order valence-electron chi connectivity index (χ4n) is 2.07. The van der Waals surface area contributed by atoms with E-state index in [1.54, 1.807) is 19.3 Å². The molecule has 0 amide bonds. The van der Waals surface area contributed by atoms with E-state index in [0.717, 1.165) is 24.3 Å². The Morgan fingerprint density at radius 2 is 2.07 bits per heavy atom. The molecule has 1 fully saturated rings. The van der Waals surface area contributed by atoms with Gasteiger partial charge < -0.3 is 4.90 Å². The molecule has 1 aromatic heterocycles. The Labute approximate surface area is 90.1 Å². The van der Waals surface area contributed by atoms with Gasteiger partial charge in [-0.25, -0.2) is 0 Å². The standard InChI is InChI=1S/C12H16N2O/c1-10(15)11-9-13-6-5-12(11)14-7-3-2-4-8-14/h5-6,9H,2-4,7-8H2,1H3. The molecular weight excluding hydrogens is 188 g/mol. The molecule has 1 aliphatic rings. The minimum absolute atomic E-state index is 0.101. The Bertz CT molecular complexity index is 356. The quantitative estimate of drug-likeness (QED) is 0.693. The summed E-state index contributed by atoms with van der Waals surface area (Å²) in [5.41, 5.74) is 1.80. The van der Waals surface area contributed by atoms with E-state index in [0.29, 0.717) is 0 Å². The van der Waals surface area contributed by atoms with Gasteiger partial charge in [-0.2, -0.15) is 0 Å². The van der Waals surface area contributed by atoms with Gasteiger partial charge in [-0.3, -0.25) is 9.78 Å². The highest BCUT2D eigenvalue weighted by molar-refractivity contribution is 5.99. The van der Waals surface area contributed by atoms with Crippen LogP contribution in [0.15, 0.2) is 18.5 Å². The predicted molar refractivity (Wildman–Crippen MR) is 60.3 cm³/mol. The van der Waals surface area contributed by atoms with Crippen molar-refractivity contribution >= 4 is 11.5 Å². The van der Waals surface area contributed by atoms with Crippen molar-refractivity contribution in [3.8, 4) is 0 Å². The van der Waals surface area contributed by atoms with Crippen molar-refractivity contribution in [3.05, 3.63) is 24.0 Å². The molecule has 0 aromatic carbocycles. The van der Waals surface area contributed by atoms with Gasteiger partial charge in [-0.05, 0) is 32.3 Å². The molecule has 0 N–H and O–H groups in total. The lowest BCUT2D eigenvalue weighted by Crippen LogP contribution is -2.30. The van der Waals surface area contributed by atoms with E-state index >= 15 is 0 Å². The van der Waals surface area contributed by atoms with Crippen LogP contribution in [0, 0.1) is 0 Å². The minimum atomic E-state index is 0.101. The number of pyridine rings is 1. The van der Waals surface area contributed by atoms with Crippen molar-refractivity contribution < 1.29 is 4.79 Å². The highest BCUT2D eigenvalue weighted by Gasteiger charge is 2.15. The van der Waals surface area contributed by atoms with E-state index in [9.17, 15) is 4.79 Å². The fraction of sp³-hybridized carbons (Fsp3) is 0.500. The largest absolute Gasteiger partial charge is 0.371 e. The average molecular weight is 204 g/mol. The van der Waals surface area contributed by atoms with E-state index in [1.165, 1.54) is 19.3 Å². The van der Waals surface area contributed by atoms with Gasteiger partial charge in [-0.1, -0.05) is 0 Å². The normalized spacial score (nSPS) is 16.5. The molecule has 0 radical (unpaired) electrons. The van der Waals surface area contributed by atoms with Crippen molar-refractivity contribution in [1.29, 1.82) is 0 Å². The zero-order valence-electron chi connectivity index (χ0n) is 9.07. The number of piperidine rings is 1. The van der Waals surface area contributed by atoms with Gasteiger partial charge in [0.1, 0.15) is 0 Å². The molecule has 0 saturated carbocycles. The number of nitrogens with zero attached hydrogens (tertiary/aromatic N) is 2. The van der Waals surface area contributed by atoms with Gasteiger partial charge in [0, 0.05) is 25.5 Å². The summed E-state index contributed by atoms with van der Waals surface area (Å²) in [6.45, 7) is 3.72. The van der Waals surface area contributed by atoms with Crippen LogP contribution in [0.5, 0.6) is 0 Å². The van der Waals surface area contributed by atoms with Crippen molar-refractivity contribution in [3.63, 3.8) is 0 Å². The highest BCUT2D eigenvalue weighted by atomic mass is 16.1. The molecule has 0 aliphatic carbocycles. The van der Waals surface area contributed by atoms with Gasteiger partial charge in [-0.15, -0.1) is 0 Å². The summed E-state index contributed by atoms with van der Waals surface area (Å²) in [5.74, 6) is 0.101. The zero-order chi connectivity index (χ0) is 10.7. The highest BCUT2D eigenvalue weighted by Crippen LogP contribution is 2.23. The number of ketones is 1. The first-order chi connectivity index (χ1) is 7.29. The van der Waals surface area contributed by atoms with Gasteiger partial charge in [0.15, 0.2) is 5.78 Å². The maximum atomic E-state index is 11.4. The Hall–Kier alpha value is -1.38. The van der Waals surface area contributed by atoms with Crippen LogP contribution in [-0.4, -0.2) is 23.9 Å². The van der Waals surface area contributed by atoms with Crippen LogP contribution in [0.2, 0.25) is 0 Å². The van der Waals surface area contributed by atoms with E-state index < -0.39 is 0 Å². The number of rotatable bonds is 2. The van der Waals surface area contributed by atoms with E-state index in [2.05, 4.69) is 9.88 Å². The van der Waals surface area contributed by atoms with Crippen LogP contribution in [0.1, 0.15) is 36.5 Å². The van der Waals surface area contributed by atoms with Crippen LogP contribution in [0.25, 0.3) is 0 Å². The number of anilines is 1. The molecule has 80 valence electrons. The lowest BCUT2D eigenvalue weighted by molar-refractivity contribution is 0.101. The molecule has 0 bridgehead atoms. The molecule has 1 aliphatic heterocycles. The summed E-state index contributed by atoms with van der Waals surface area (Å²) in [7, 11) is 0. The van der Waals surface area contributed by atoms with Gasteiger partial charge in [0.05, 0.1) is 11.3 Å². The number of carbonyl (C=O) groups excluding carboxylic acids is 1. The van der Waals surface area contributed by atoms with E-state index in [-0.39, 0.29) is 5.78 Å². The second kappa shape index (κ2) is 4.43. The predicted octanol–water partition coefficient (Wildman–Crippen LogP) is 2.27. The average Bonchev–Trinajstić information content (AvgIpc) is 2.30. The molecule has 1 aromatic rings. The van der Waals surface area contributed by atoms with Crippen LogP contribution in [0.4, 0.5) is 5.69 Å². The van der Waals surface area contributed by atoms with Gasteiger partial charge in [0.25, 0.3) is 0 Å². The second-order valence-corrected chi connectivity index (χ2v) is 4.00. The summed E-state index contributed by atoms with van der Waals surface area (Å²) in [6, 6.07) is 1.95. The van der Waals surface area contributed by atoms with Crippen molar-refractivity contribution in [2.75, 3.05) is 18.0 Å². The molecule has 0 unspecified atom stereocenters. The number of Topliss-reactive ketones (excluding diaryl/α,β-unsaturated/α-hetero) is 1. The maximum Gasteiger partial charge on any atom is 0.163 e. The molecule has 3 nitrogen and oxygen atoms in total. The molecule has 0 spiro atoms. The van der Waals surface area contributed by atoms with E-state index in [4.69, 9.17) is 0 Å². The molecule has 3 heteroatoms. The summed E-state index contributed by atoms with van der Waals surface area (Å²) < 4.78 is 0. The summed E-state index contributed by atoms with van der Waals surface area (Å²) in [4.78, 5) is 17.7. The fourth-order valence-corrected chi connectivity index (χ4v) is 2.07. The zero-order valence-corrected chi connectivity index (χ0v) is 9.07. The first-order valence-electron chi connectivity index (χ1n) is 5.49. The van der Waals surface area contributed by atoms with Crippen molar-refractivity contribution in [1.82, 2.24) is 4.98 Å². The third-order valence-corrected chi connectivity index (χ3v) is 2.87. The lowest BCUT2D eigenvalue weighted by atomic mass is 10.1. The number of hydrogen-bond donors (Lipinski definition) is 0. The molecule has 0 atom stereocenters. The van der Waals surface area contributed by atoms with E-state index in [1.807, 2.05) is 6.07 Å². The Balaban J connectivity index is 2.29. The number of carbonyl (C=O) groups is 1. The summed E-state index contributed by atoms with van der Waals surface area (Å²) >= 11 is 0. The molecule has 2 rings (SSSR count). The SMILES string of the molecule is CC(=O)c1cnccc1N1CCCCC1. The van der Waals surface area contributed by atoms with Crippen molar-refractivity contribution in [2.24, 2.45) is 0 Å². The van der Waals surface area contributed by atoms with Crippen LogP contribution in [-0.2, 0) is 0 Å². The molecular formula is C12H16N2O. The Kier molecular flexibility index (Phi) is 2.99. The smallest absolute Gasteiger partial charge is 0.163 e. The lowest BCUT2D eigenvalue weighted by Gasteiger charge is -2.29. The monoisotopic (exact) mass is 204 g/mol. The summed E-state index contributed by atoms with van der Waals surface area (Å²) in [6.07, 6.45) is 7.18. The van der Waals surface area contributed by atoms with Crippen LogP contribution >= 0.6 is 0 Å². The molecule has 2 heterocycles. The van der Waals surface area contributed by atoms with Crippen molar-refractivity contribution in [2.45, 2.75) is 26.2 Å². The van der Waals surface area contributed by atoms with Gasteiger partial charge in [0.2, 0.25) is 0 Å². The minimum Gasteiger partial charge on any atom is -0.371 e. The summed E-state index contributed by atoms with van der Waals surface area (Å²) in [5, 5.41) is 0. The third-order valence-electron chi connectivity index (χ3n) is 2.87. The Morgan fingerprint density at radius 1 is 1.33 bits per heavy atom. The van der Waals surface area contributed by atoms with Crippen LogP contribution < -0.4 is 4.90 Å². The second-order valence-electron chi connectivity index (χ2n) is 4.00. The maximum absolute atomic E-state index is 11.4. The third kappa shape index (κ3) is 2.17. The first kappa shape index (κ1) is 10.1. The number of hydrogen-bond acceptors (Lipinski definition) is 3. The molecule has 15 heavy (non-hydrogen) atoms.